The molecule has 0 atom stereocenters. The normalized spacial score (nSPS) is 11.5. The fourth-order valence-electron chi connectivity index (χ4n) is 1.10. The molecular formula is C10H21NO2S. The second kappa shape index (κ2) is 8.00. The largest absolute Gasteiger partial charge is 0.316 e. The van der Waals surface area contributed by atoms with Crippen molar-refractivity contribution in [2.75, 3.05) is 25.1 Å². The Bertz CT molecular complexity index is 235. The van der Waals surface area contributed by atoms with Gasteiger partial charge in [0, 0.05) is 12.8 Å². The van der Waals surface area contributed by atoms with Gasteiger partial charge in [-0.05, 0) is 25.8 Å². The van der Waals surface area contributed by atoms with Crippen LogP contribution in [-0.2, 0) is 9.84 Å². The Hall–Kier alpha value is -0.350. The Labute approximate surface area is 87.5 Å². The van der Waals surface area contributed by atoms with Gasteiger partial charge in [0.25, 0.3) is 0 Å². The molecule has 14 heavy (non-hydrogen) atoms. The third kappa shape index (κ3) is 11.6. The smallest absolute Gasteiger partial charge is 0.148 e. The topological polar surface area (TPSA) is 46.2 Å². The Morgan fingerprint density at radius 3 is 2.50 bits per heavy atom. The van der Waals surface area contributed by atoms with Gasteiger partial charge < -0.3 is 5.32 Å². The van der Waals surface area contributed by atoms with Crippen LogP contribution < -0.4 is 5.32 Å². The fourth-order valence-corrected chi connectivity index (χ4v) is 1.61. The molecule has 1 N–H and O–H groups in total. The van der Waals surface area contributed by atoms with Gasteiger partial charge in [0.1, 0.15) is 9.84 Å². The lowest BCUT2D eigenvalue weighted by Crippen LogP contribution is -2.23. The number of rotatable bonds is 9. The summed E-state index contributed by atoms with van der Waals surface area (Å²) in [5.41, 5.74) is 0. The van der Waals surface area contributed by atoms with E-state index in [1.54, 1.807) is 0 Å². The van der Waals surface area contributed by atoms with Crippen molar-refractivity contribution in [3.05, 3.63) is 12.7 Å². The Balaban J connectivity index is 3.10. The molecular weight excluding hydrogens is 198 g/mol. The van der Waals surface area contributed by atoms with Gasteiger partial charge in [-0.3, -0.25) is 0 Å². The number of hydrogen-bond acceptors (Lipinski definition) is 3. The van der Waals surface area contributed by atoms with Crippen LogP contribution in [0.3, 0.4) is 0 Å². The van der Waals surface area contributed by atoms with Crippen LogP contribution in [0.1, 0.15) is 25.7 Å². The number of allylic oxidation sites excluding steroid dienone is 1. The van der Waals surface area contributed by atoms with Crippen molar-refractivity contribution in [2.45, 2.75) is 25.7 Å². The van der Waals surface area contributed by atoms with Crippen molar-refractivity contribution < 1.29 is 8.42 Å². The summed E-state index contributed by atoms with van der Waals surface area (Å²) in [6, 6.07) is 0. The molecule has 3 nitrogen and oxygen atoms in total. The van der Waals surface area contributed by atoms with Crippen LogP contribution in [0.5, 0.6) is 0 Å². The lowest BCUT2D eigenvalue weighted by molar-refractivity contribution is 0.589. The van der Waals surface area contributed by atoms with E-state index in [1.165, 1.54) is 19.1 Å². The molecule has 84 valence electrons. The summed E-state index contributed by atoms with van der Waals surface area (Å²) in [7, 11) is -2.80. The molecule has 0 amide bonds. The molecule has 0 unspecified atom stereocenters. The first kappa shape index (κ1) is 13.7. The maximum atomic E-state index is 10.8. The Morgan fingerprint density at radius 2 is 1.93 bits per heavy atom. The second-order valence-corrected chi connectivity index (χ2v) is 5.78. The average molecular weight is 219 g/mol. The van der Waals surface area contributed by atoms with E-state index < -0.39 is 9.84 Å². The molecule has 0 saturated carbocycles. The third-order valence-electron chi connectivity index (χ3n) is 1.91. The fraction of sp³-hybridized carbons (Fsp3) is 0.800. The summed E-state index contributed by atoms with van der Waals surface area (Å²) in [6.07, 6.45) is 7.73. The first-order chi connectivity index (χ1) is 6.56. The number of sulfone groups is 1. The van der Waals surface area contributed by atoms with Gasteiger partial charge in [0.15, 0.2) is 0 Å². The van der Waals surface area contributed by atoms with E-state index >= 15 is 0 Å². The molecule has 0 spiro atoms. The van der Waals surface area contributed by atoms with E-state index in [2.05, 4.69) is 11.9 Å². The summed E-state index contributed by atoms with van der Waals surface area (Å²) in [5.74, 6) is 0.236. The zero-order chi connectivity index (χ0) is 10.9. The molecule has 0 bridgehead atoms. The molecule has 0 aliphatic carbocycles. The summed E-state index contributed by atoms with van der Waals surface area (Å²) in [4.78, 5) is 0. The number of nitrogens with one attached hydrogen (secondary N) is 1. The summed E-state index contributed by atoms with van der Waals surface area (Å²) < 4.78 is 21.5. The van der Waals surface area contributed by atoms with Crippen molar-refractivity contribution in [2.24, 2.45) is 0 Å². The van der Waals surface area contributed by atoms with Gasteiger partial charge in [-0.25, -0.2) is 8.42 Å². The maximum Gasteiger partial charge on any atom is 0.148 e. The van der Waals surface area contributed by atoms with Crippen LogP contribution >= 0.6 is 0 Å². The molecule has 0 aromatic heterocycles. The predicted molar refractivity (Wildman–Crippen MR) is 61.2 cm³/mol. The van der Waals surface area contributed by atoms with E-state index in [4.69, 9.17) is 0 Å². The van der Waals surface area contributed by atoms with Crippen molar-refractivity contribution in [1.29, 1.82) is 0 Å². The average Bonchev–Trinajstić information content (AvgIpc) is 2.08. The zero-order valence-electron chi connectivity index (χ0n) is 8.96. The highest BCUT2D eigenvalue weighted by molar-refractivity contribution is 7.90. The standard InChI is InChI=1S/C10H21NO2S/c1-3-4-5-6-7-8-11-9-10-14(2,12)13/h3,11H,1,4-10H2,2H3. The van der Waals surface area contributed by atoms with Crippen LogP contribution in [0, 0.1) is 0 Å². The first-order valence-corrected chi connectivity index (χ1v) is 7.11. The van der Waals surface area contributed by atoms with E-state index in [1.807, 2.05) is 6.08 Å². The van der Waals surface area contributed by atoms with Crippen LogP contribution in [0.2, 0.25) is 0 Å². The first-order valence-electron chi connectivity index (χ1n) is 5.05. The monoisotopic (exact) mass is 219 g/mol. The molecule has 0 fully saturated rings. The number of hydrogen-bond donors (Lipinski definition) is 1. The lowest BCUT2D eigenvalue weighted by atomic mass is 10.2. The molecule has 0 aromatic rings. The van der Waals surface area contributed by atoms with Crippen LogP contribution in [-0.4, -0.2) is 33.5 Å². The molecule has 4 heteroatoms. The van der Waals surface area contributed by atoms with Gasteiger partial charge in [0.2, 0.25) is 0 Å². The van der Waals surface area contributed by atoms with E-state index in [0.717, 1.165) is 19.4 Å². The highest BCUT2D eigenvalue weighted by atomic mass is 32.2. The molecule has 0 aromatic carbocycles. The Morgan fingerprint density at radius 1 is 1.21 bits per heavy atom. The van der Waals surface area contributed by atoms with Gasteiger partial charge in [-0.15, -0.1) is 6.58 Å². The highest BCUT2D eigenvalue weighted by Gasteiger charge is 1.99. The molecule has 0 saturated heterocycles. The Kier molecular flexibility index (Phi) is 7.80. The summed E-state index contributed by atoms with van der Waals surface area (Å²) in [5, 5.41) is 3.11. The van der Waals surface area contributed by atoms with Crippen molar-refractivity contribution in [3.63, 3.8) is 0 Å². The van der Waals surface area contributed by atoms with Gasteiger partial charge in [-0.1, -0.05) is 12.5 Å². The van der Waals surface area contributed by atoms with Gasteiger partial charge in [0.05, 0.1) is 5.75 Å². The minimum atomic E-state index is -2.80. The minimum absolute atomic E-state index is 0.236. The minimum Gasteiger partial charge on any atom is -0.316 e. The van der Waals surface area contributed by atoms with Crippen LogP contribution in [0.15, 0.2) is 12.7 Å². The zero-order valence-corrected chi connectivity index (χ0v) is 9.78. The van der Waals surface area contributed by atoms with E-state index in [0.29, 0.717) is 6.54 Å². The second-order valence-electron chi connectivity index (χ2n) is 3.52. The molecule has 0 radical (unpaired) electrons. The van der Waals surface area contributed by atoms with Gasteiger partial charge in [-0.2, -0.15) is 0 Å². The van der Waals surface area contributed by atoms with Crippen LogP contribution in [0.25, 0.3) is 0 Å². The lowest BCUT2D eigenvalue weighted by Gasteiger charge is -2.02. The highest BCUT2D eigenvalue weighted by Crippen LogP contribution is 1.98. The van der Waals surface area contributed by atoms with Gasteiger partial charge >= 0.3 is 0 Å². The summed E-state index contributed by atoms with van der Waals surface area (Å²) in [6.45, 7) is 5.13. The van der Waals surface area contributed by atoms with Crippen molar-refractivity contribution in [3.8, 4) is 0 Å². The predicted octanol–water partition coefficient (Wildman–Crippen LogP) is 1.37. The maximum absolute atomic E-state index is 10.8. The molecule has 0 rings (SSSR count). The van der Waals surface area contributed by atoms with E-state index in [9.17, 15) is 8.42 Å². The third-order valence-corrected chi connectivity index (χ3v) is 2.86. The molecule has 0 aliphatic rings. The summed E-state index contributed by atoms with van der Waals surface area (Å²) >= 11 is 0. The number of unbranched alkanes of at least 4 members (excludes halogenated alkanes) is 3. The van der Waals surface area contributed by atoms with Crippen molar-refractivity contribution >= 4 is 9.84 Å². The van der Waals surface area contributed by atoms with Crippen LogP contribution in [0.4, 0.5) is 0 Å². The SMILES string of the molecule is C=CCCCCCNCCS(C)(=O)=O. The molecule has 0 heterocycles. The quantitative estimate of drug-likeness (QED) is 0.470. The molecule has 0 aliphatic heterocycles. The van der Waals surface area contributed by atoms with Crippen molar-refractivity contribution in [1.82, 2.24) is 5.32 Å². The van der Waals surface area contributed by atoms with E-state index in [-0.39, 0.29) is 5.75 Å².